The molecule has 2 aromatic rings. The third-order valence-electron chi connectivity index (χ3n) is 10.3. The zero-order chi connectivity index (χ0) is 27.2. The van der Waals surface area contributed by atoms with Gasteiger partial charge in [0.2, 0.25) is 11.9 Å². The highest BCUT2D eigenvalue weighted by Crippen LogP contribution is 2.58. The predicted molar refractivity (Wildman–Crippen MR) is 148 cm³/mol. The van der Waals surface area contributed by atoms with Gasteiger partial charge < -0.3 is 15.3 Å². The van der Waals surface area contributed by atoms with E-state index in [-0.39, 0.29) is 22.6 Å². The van der Waals surface area contributed by atoms with Gasteiger partial charge in [-0.25, -0.2) is 13.4 Å². The summed E-state index contributed by atoms with van der Waals surface area (Å²) in [5.41, 5.74) is 0.262. The molecule has 1 amide bonds. The van der Waals surface area contributed by atoms with Gasteiger partial charge in [-0.15, -0.1) is 0 Å². The molecule has 1 saturated heterocycles. The molecular weight excluding hydrogens is 514 g/mol. The van der Waals surface area contributed by atoms with Crippen LogP contribution in [0.15, 0.2) is 35.4 Å². The lowest BCUT2D eigenvalue weighted by molar-refractivity contribution is -0.121. The Morgan fingerprint density at radius 3 is 2.36 bits per heavy atom. The number of amides is 1. The molecule has 39 heavy (non-hydrogen) atoms. The number of fused-ring (bicyclic) bond motifs is 2. The van der Waals surface area contributed by atoms with Crippen molar-refractivity contribution in [2.24, 2.45) is 5.41 Å². The number of hydrogen-bond acceptors (Lipinski definition) is 8. The van der Waals surface area contributed by atoms with Crippen LogP contribution in [0.3, 0.4) is 0 Å². The van der Waals surface area contributed by atoms with Crippen LogP contribution in [0, 0.1) is 5.41 Å². The van der Waals surface area contributed by atoms with Gasteiger partial charge in [0.05, 0.1) is 27.2 Å². The fourth-order valence-electron chi connectivity index (χ4n) is 7.51. The fourth-order valence-corrected chi connectivity index (χ4v) is 9.55. The number of benzene rings is 1. The predicted octanol–water partition coefficient (Wildman–Crippen LogP) is 3.55. The molecule has 0 unspecified atom stereocenters. The molecule has 208 valence electrons. The van der Waals surface area contributed by atoms with E-state index in [4.69, 9.17) is 4.98 Å². The highest BCUT2D eigenvalue weighted by Gasteiger charge is 2.63. The van der Waals surface area contributed by atoms with Crippen LogP contribution in [0.1, 0.15) is 70.3 Å². The van der Waals surface area contributed by atoms with Crippen molar-refractivity contribution in [3.05, 3.63) is 36.0 Å². The van der Waals surface area contributed by atoms with E-state index in [1.165, 1.54) is 0 Å². The highest BCUT2D eigenvalue weighted by atomic mass is 32.2. The number of hydrogen-bond donors (Lipinski definition) is 2. The number of carbonyl (C=O) groups excluding carboxylic acids is 1. The molecule has 2 N–H and O–H groups in total. The molecule has 2 spiro atoms. The van der Waals surface area contributed by atoms with E-state index >= 15 is 0 Å². The summed E-state index contributed by atoms with van der Waals surface area (Å²) in [6.07, 6.45) is 9.29. The number of sulfone groups is 1. The average molecular weight is 552 g/mol. The smallest absolute Gasteiger partial charge is 0.239 e. The highest BCUT2D eigenvalue weighted by molar-refractivity contribution is 7.92. The molecule has 0 radical (unpaired) electrons. The lowest BCUT2D eigenvalue weighted by Crippen LogP contribution is -2.50. The summed E-state index contributed by atoms with van der Waals surface area (Å²) < 4.78 is 26.6. The van der Waals surface area contributed by atoms with Gasteiger partial charge in [0, 0.05) is 17.4 Å². The molecule has 0 bridgehead atoms. The van der Waals surface area contributed by atoms with Gasteiger partial charge in [-0.05, 0) is 115 Å². The van der Waals surface area contributed by atoms with E-state index in [1.807, 2.05) is 6.92 Å². The van der Waals surface area contributed by atoms with E-state index in [0.717, 1.165) is 70.0 Å². The quantitative estimate of drug-likeness (QED) is 0.580. The van der Waals surface area contributed by atoms with Gasteiger partial charge in [-0.1, -0.05) is 0 Å². The molecule has 3 saturated carbocycles. The van der Waals surface area contributed by atoms with E-state index in [2.05, 4.69) is 22.2 Å². The Kier molecular flexibility index (Phi) is 5.52. The Morgan fingerprint density at radius 2 is 1.74 bits per heavy atom. The third-order valence-corrected chi connectivity index (χ3v) is 12.5. The summed E-state index contributed by atoms with van der Waals surface area (Å²) in [7, 11) is -1.24. The van der Waals surface area contributed by atoms with Crippen LogP contribution in [0.4, 0.5) is 17.5 Å². The Hall–Kier alpha value is -2.56. The van der Waals surface area contributed by atoms with Gasteiger partial charge >= 0.3 is 0 Å². The molecule has 10 heteroatoms. The minimum absolute atomic E-state index is 0.0312. The van der Waals surface area contributed by atoms with Gasteiger partial charge in [0.15, 0.2) is 9.84 Å². The topological polar surface area (TPSA) is 116 Å². The number of carbonyl (C=O) groups is 1. The number of nitrogens with zero attached hydrogens (tertiary/aromatic N) is 4. The summed E-state index contributed by atoms with van der Waals surface area (Å²) in [4.78, 5) is 27.1. The van der Waals surface area contributed by atoms with Crippen molar-refractivity contribution < 1.29 is 18.3 Å². The number of rotatable bonds is 5. The van der Waals surface area contributed by atoms with Gasteiger partial charge in [-0.2, -0.15) is 4.98 Å². The summed E-state index contributed by atoms with van der Waals surface area (Å²) in [5.74, 6) is 0.971. The number of nitrogens with one attached hydrogen (secondary N) is 1. The Labute approximate surface area is 229 Å². The average Bonchev–Trinajstić information content (AvgIpc) is 3.57. The monoisotopic (exact) mass is 551 g/mol. The summed E-state index contributed by atoms with van der Waals surface area (Å²) in [5, 5.41) is 13.9. The molecule has 2 atom stereocenters. The number of aliphatic hydroxyl groups is 1. The second kappa shape index (κ2) is 8.47. The first kappa shape index (κ1) is 25.4. The molecule has 3 aliphatic carbocycles. The third kappa shape index (κ3) is 3.93. The van der Waals surface area contributed by atoms with Gasteiger partial charge in [0.25, 0.3) is 0 Å². The fraction of sp³-hybridized carbons (Fsp3) is 0.621. The zero-order valence-corrected chi connectivity index (χ0v) is 23.5. The maximum Gasteiger partial charge on any atom is 0.239 e. The van der Waals surface area contributed by atoms with Crippen molar-refractivity contribution in [2.75, 3.05) is 30.4 Å². The molecule has 3 heterocycles. The summed E-state index contributed by atoms with van der Waals surface area (Å²) in [6.45, 7) is 3.90. The first-order valence-electron chi connectivity index (χ1n) is 14.3. The molecule has 1 aromatic carbocycles. The minimum Gasteiger partial charge on any atom is -0.388 e. The largest absolute Gasteiger partial charge is 0.388 e. The van der Waals surface area contributed by atoms with Crippen LogP contribution in [0.2, 0.25) is 0 Å². The van der Waals surface area contributed by atoms with Crippen molar-refractivity contribution in [1.82, 2.24) is 14.9 Å². The normalized spacial score (nSPS) is 29.6. The second-order valence-electron chi connectivity index (χ2n) is 13.0. The maximum atomic E-state index is 13.5. The van der Waals surface area contributed by atoms with Crippen molar-refractivity contribution in [1.29, 1.82) is 0 Å². The van der Waals surface area contributed by atoms with E-state index in [1.54, 1.807) is 35.4 Å². The Bertz CT molecular complexity index is 1420. The SMILES string of the molecule is CN1CCC2(CC1)CC(S(=O)(=O)c1ccc(Nc3ncc4c(n3)N([C@@H]3CCC[C@@]3(C)O)C(=O)C43CC3)cc1)C2. The van der Waals surface area contributed by atoms with Crippen LogP contribution in [0.5, 0.6) is 0 Å². The van der Waals surface area contributed by atoms with Crippen LogP contribution in [-0.2, 0) is 20.0 Å². The van der Waals surface area contributed by atoms with E-state index in [0.29, 0.717) is 28.8 Å². The number of aromatic nitrogens is 2. The van der Waals surface area contributed by atoms with Crippen LogP contribution in [-0.4, -0.2) is 71.3 Å². The van der Waals surface area contributed by atoms with Gasteiger partial charge in [-0.3, -0.25) is 9.69 Å². The van der Waals surface area contributed by atoms with Crippen molar-refractivity contribution in [3.63, 3.8) is 0 Å². The molecule has 9 nitrogen and oxygen atoms in total. The standard InChI is InChI=1S/C29H37N5O4S/c1-27(36)9-3-4-23(27)34-24-22(29(10-11-29)25(34)35)18-30-26(32-24)31-19-5-7-20(8-6-19)39(37,38)21-16-28(17-21)12-14-33(2)15-13-28/h5-8,18,21,23,36H,3-4,9-17H2,1-2H3,(H,30,31,32)/t23-,27-/m1/s1. The van der Waals surface area contributed by atoms with Crippen LogP contribution in [0.25, 0.3) is 0 Å². The van der Waals surface area contributed by atoms with Crippen molar-refractivity contribution in [2.45, 2.75) is 91.9 Å². The van der Waals surface area contributed by atoms with Crippen molar-refractivity contribution in [3.8, 4) is 0 Å². The Morgan fingerprint density at radius 1 is 1.05 bits per heavy atom. The molecular formula is C29H37N5O4S. The lowest BCUT2D eigenvalue weighted by atomic mass is 9.63. The number of piperidine rings is 1. The minimum atomic E-state index is -3.37. The molecule has 2 aliphatic heterocycles. The zero-order valence-electron chi connectivity index (χ0n) is 22.7. The second-order valence-corrected chi connectivity index (χ2v) is 15.2. The first-order chi connectivity index (χ1) is 18.5. The van der Waals surface area contributed by atoms with Crippen LogP contribution < -0.4 is 10.2 Å². The van der Waals surface area contributed by atoms with Crippen molar-refractivity contribution >= 4 is 33.2 Å². The maximum absolute atomic E-state index is 13.5. The summed E-state index contributed by atoms with van der Waals surface area (Å²) >= 11 is 0. The summed E-state index contributed by atoms with van der Waals surface area (Å²) in [6, 6.07) is 6.53. The van der Waals surface area contributed by atoms with E-state index < -0.39 is 20.9 Å². The molecule has 7 rings (SSSR count). The first-order valence-corrected chi connectivity index (χ1v) is 15.8. The lowest BCUT2D eigenvalue weighted by Gasteiger charge is -2.51. The Balaban J connectivity index is 1.08. The van der Waals surface area contributed by atoms with Gasteiger partial charge in [0.1, 0.15) is 5.82 Å². The van der Waals surface area contributed by atoms with Crippen LogP contribution >= 0.6 is 0 Å². The molecule has 4 fully saturated rings. The molecule has 5 aliphatic rings. The van der Waals surface area contributed by atoms with E-state index in [9.17, 15) is 18.3 Å². The molecule has 1 aromatic heterocycles. The number of anilines is 3. The number of likely N-dealkylation sites (tertiary alicyclic amines) is 1.